The van der Waals surface area contributed by atoms with Crippen LogP contribution in [0.25, 0.3) is 12.2 Å². The molecular formula is C27H25NO4. The summed E-state index contributed by atoms with van der Waals surface area (Å²) in [4.78, 5) is 23.5. The molecular weight excluding hydrogens is 402 g/mol. The molecule has 0 radical (unpaired) electrons. The molecule has 0 fully saturated rings. The lowest BCUT2D eigenvalue weighted by atomic mass is 9.91. The predicted octanol–water partition coefficient (Wildman–Crippen LogP) is 5.60. The molecule has 1 amide bonds. The lowest BCUT2D eigenvalue weighted by Gasteiger charge is -2.16. The van der Waals surface area contributed by atoms with E-state index in [1.807, 2.05) is 72.8 Å². The first-order valence-electron chi connectivity index (χ1n) is 10.2. The molecule has 0 saturated carbocycles. The van der Waals surface area contributed by atoms with Crippen LogP contribution in [0.4, 0.5) is 5.69 Å². The second-order valence-electron chi connectivity index (χ2n) is 7.25. The van der Waals surface area contributed by atoms with Crippen molar-refractivity contribution in [1.29, 1.82) is 0 Å². The van der Waals surface area contributed by atoms with Crippen LogP contribution in [0.2, 0.25) is 0 Å². The molecule has 32 heavy (non-hydrogen) atoms. The van der Waals surface area contributed by atoms with Crippen LogP contribution < -0.4 is 10.1 Å². The van der Waals surface area contributed by atoms with Crippen molar-refractivity contribution in [2.75, 3.05) is 12.4 Å². The van der Waals surface area contributed by atoms with Gasteiger partial charge in [-0.1, -0.05) is 61.5 Å². The highest BCUT2D eigenvalue weighted by molar-refractivity contribution is 6.03. The van der Waals surface area contributed by atoms with Gasteiger partial charge in [0.1, 0.15) is 5.75 Å². The van der Waals surface area contributed by atoms with E-state index in [-0.39, 0.29) is 11.8 Å². The summed E-state index contributed by atoms with van der Waals surface area (Å²) in [5, 5.41) is 11.9. The number of carboxylic acid groups (broad SMARTS) is 1. The van der Waals surface area contributed by atoms with Gasteiger partial charge in [-0.2, -0.15) is 0 Å². The van der Waals surface area contributed by atoms with E-state index in [4.69, 9.17) is 9.84 Å². The van der Waals surface area contributed by atoms with E-state index >= 15 is 0 Å². The Morgan fingerprint density at radius 1 is 0.906 bits per heavy atom. The first-order valence-corrected chi connectivity index (χ1v) is 10.2. The molecule has 162 valence electrons. The maximum atomic E-state index is 12.6. The first kappa shape index (κ1) is 22.6. The minimum absolute atomic E-state index is 0.0399. The van der Waals surface area contributed by atoms with Crippen LogP contribution in [-0.2, 0) is 9.59 Å². The fourth-order valence-electron chi connectivity index (χ4n) is 3.27. The van der Waals surface area contributed by atoms with Gasteiger partial charge in [0.15, 0.2) is 0 Å². The Bertz CT molecular complexity index is 1150. The number of hydrogen-bond acceptors (Lipinski definition) is 3. The summed E-state index contributed by atoms with van der Waals surface area (Å²) < 4.78 is 5.32. The molecule has 1 atom stereocenters. The summed E-state index contributed by atoms with van der Waals surface area (Å²) in [6.45, 7) is 2.07. The van der Waals surface area contributed by atoms with Crippen molar-refractivity contribution in [2.45, 2.75) is 12.8 Å². The SMILES string of the molecule is COc1cccc(C(C)c2ccc(C=CC(=O)O)c(NC(=O)C=Cc3ccccc3)c2)c1. The Morgan fingerprint density at radius 2 is 1.66 bits per heavy atom. The summed E-state index contributed by atoms with van der Waals surface area (Å²) in [7, 11) is 1.63. The molecule has 3 aromatic carbocycles. The topological polar surface area (TPSA) is 75.6 Å². The van der Waals surface area contributed by atoms with Gasteiger partial charge in [-0.25, -0.2) is 4.79 Å². The van der Waals surface area contributed by atoms with Gasteiger partial charge in [-0.15, -0.1) is 0 Å². The van der Waals surface area contributed by atoms with Gasteiger partial charge in [-0.3, -0.25) is 4.79 Å². The van der Waals surface area contributed by atoms with Gasteiger partial charge in [0, 0.05) is 23.8 Å². The van der Waals surface area contributed by atoms with Crippen molar-refractivity contribution >= 4 is 29.7 Å². The van der Waals surface area contributed by atoms with Crippen LogP contribution in [-0.4, -0.2) is 24.1 Å². The van der Waals surface area contributed by atoms with Crippen molar-refractivity contribution in [3.05, 3.63) is 107 Å². The Kier molecular flexibility index (Phi) is 7.60. The van der Waals surface area contributed by atoms with Gasteiger partial charge < -0.3 is 15.2 Å². The number of nitrogens with one attached hydrogen (secondary N) is 1. The Morgan fingerprint density at radius 3 is 2.38 bits per heavy atom. The molecule has 0 aliphatic heterocycles. The zero-order chi connectivity index (χ0) is 22.9. The van der Waals surface area contributed by atoms with Gasteiger partial charge >= 0.3 is 5.97 Å². The number of carbonyl (C=O) groups excluding carboxylic acids is 1. The molecule has 0 heterocycles. The zero-order valence-electron chi connectivity index (χ0n) is 18.0. The largest absolute Gasteiger partial charge is 0.497 e. The Hall–Kier alpha value is -4.12. The first-order chi connectivity index (χ1) is 15.5. The van der Waals surface area contributed by atoms with E-state index in [1.54, 1.807) is 13.2 Å². The summed E-state index contributed by atoms with van der Waals surface area (Å²) in [6.07, 6.45) is 5.71. The van der Waals surface area contributed by atoms with Crippen molar-refractivity contribution in [3.63, 3.8) is 0 Å². The van der Waals surface area contributed by atoms with Crippen LogP contribution in [0.3, 0.4) is 0 Å². The van der Waals surface area contributed by atoms with E-state index in [0.717, 1.165) is 28.5 Å². The van der Waals surface area contributed by atoms with Crippen molar-refractivity contribution in [2.24, 2.45) is 0 Å². The summed E-state index contributed by atoms with van der Waals surface area (Å²) in [6, 6.07) is 23.0. The number of methoxy groups -OCH3 is 1. The minimum atomic E-state index is -1.06. The molecule has 3 aromatic rings. The monoisotopic (exact) mass is 427 g/mol. The molecule has 5 nitrogen and oxygen atoms in total. The molecule has 0 bridgehead atoms. The average molecular weight is 428 g/mol. The third-order valence-corrected chi connectivity index (χ3v) is 5.06. The fraction of sp³-hybridized carbons (Fsp3) is 0.111. The number of carboxylic acids is 1. The number of rotatable bonds is 8. The van der Waals surface area contributed by atoms with E-state index in [9.17, 15) is 9.59 Å². The Balaban J connectivity index is 1.89. The lowest BCUT2D eigenvalue weighted by molar-refractivity contribution is -0.131. The quantitative estimate of drug-likeness (QED) is 0.459. The standard InChI is InChI=1S/C27H25NO4/c1-19(22-9-6-10-24(17-22)32-2)23-13-12-21(14-16-27(30)31)25(18-23)28-26(29)15-11-20-7-4-3-5-8-20/h3-19H,1-2H3,(H,28,29)(H,30,31). The highest BCUT2D eigenvalue weighted by atomic mass is 16.5. The number of benzene rings is 3. The molecule has 0 aliphatic carbocycles. The molecule has 1 unspecified atom stereocenters. The maximum Gasteiger partial charge on any atom is 0.328 e. The number of aliphatic carboxylic acids is 1. The van der Waals surface area contributed by atoms with Gasteiger partial charge in [0.05, 0.1) is 7.11 Å². The second-order valence-corrected chi connectivity index (χ2v) is 7.25. The van der Waals surface area contributed by atoms with Crippen LogP contribution >= 0.6 is 0 Å². The van der Waals surface area contributed by atoms with E-state index < -0.39 is 5.97 Å². The van der Waals surface area contributed by atoms with Gasteiger partial charge in [0.25, 0.3) is 0 Å². The average Bonchev–Trinajstić information content (AvgIpc) is 2.82. The van der Waals surface area contributed by atoms with Crippen LogP contribution in [0.5, 0.6) is 5.75 Å². The van der Waals surface area contributed by atoms with Crippen molar-refractivity contribution in [3.8, 4) is 5.75 Å². The minimum Gasteiger partial charge on any atom is -0.497 e. The molecule has 0 aromatic heterocycles. The fourth-order valence-corrected chi connectivity index (χ4v) is 3.27. The highest BCUT2D eigenvalue weighted by Gasteiger charge is 2.13. The number of carbonyl (C=O) groups is 2. The predicted molar refractivity (Wildman–Crippen MR) is 128 cm³/mol. The third kappa shape index (κ3) is 6.19. The molecule has 0 spiro atoms. The van der Waals surface area contributed by atoms with Crippen molar-refractivity contribution < 1.29 is 19.4 Å². The molecule has 0 aliphatic rings. The normalized spacial score (nSPS) is 12.1. The second kappa shape index (κ2) is 10.8. The summed E-state index contributed by atoms with van der Waals surface area (Å²) in [5.41, 5.74) is 4.11. The molecule has 5 heteroatoms. The van der Waals surface area contributed by atoms with E-state index in [2.05, 4.69) is 12.2 Å². The smallest absolute Gasteiger partial charge is 0.328 e. The molecule has 0 saturated heterocycles. The summed E-state index contributed by atoms with van der Waals surface area (Å²) >= 11 is 0. The number of amides is 1. The lowest BCUT2D eigenvalue weighted by Crippen LogP contribution is -2.10. The summed E-state index contributed by atoms with van der Waals surface area (Å²) in [5.74, 6) is -0.543. The van der Waals surface area contributed by atoms with E-state index in [1.165, 1.54) is 12.2 Å². The number of ether oxygens (including phenoxy) is 1. The Labute approximate surface area is 187 Å². The van der Waals surface area contributed by atoms with Gasteiger partial charge in [0.2, 0.25) is 5.91 Å². The number of anilines is 1. The van der Waals surface area contributed by atoms with Gasteiger partial charge in [-0.05, 0) is 52.6 Å². The van der Waals surface area contributed by atoms with E-state index in [0.29, 0.717) is 11.3 Å². The van der Waals surface area contributed by atoms with Crippen LogP contribution in [0.15, 0.2) is 84.9 Å². The molecule has 2 N–H and O–H groups in total. The van der Waals surface area contributed by atoms with Crippen LogP contribution in [0.1, 0.15) is 35.1 Å². The number of hydrogen-bond donors (Lipinski definition) is 2. The maximum absolute atomic E-state index is 12.6. The molecule has 3 rings (SSSR count). The highest BCUT2D eigenvalue weighted by Crippen LogP contribution is 2.30. The third-order valence-electron chi connectivity index (χ3n) is 5.06. The zero-order valence-corrected chi connectivity index (χ0v) is 18.0. The van der Waals surface area contributed by atoms with Crippen LogP contribution in [0, 0.1) is 0 Å². The van der Waals surface area contributed by atoms with Crippen molar-refractivity contribution in [1.82, 2.24) is 0 Å².